The van der Waals surface area contributed by atoms with E-state index in [4.69, 9.17) is 15.2 Å². The van der Waals surface area contributed by atoms with Gasteiger partial charge in [-0.05, 0) is 25.1 Å². The lowest BCUT2D eigenvalue weighted by molar-refractivity contribution is 0.208. The minimum atomic E-state index is 0.248. The summed E-state index contributed by atoms with van der Waals surface area (Å²) >= 11 is 0. The fraction of sp³-hybridized carbons (Fsp3) is 0.300. The number of nitrogens with zero attached hydrogens (tertiary/aromatic N) is 1. The van der Waals surface area contributed by atoms with Gasteiger partial charge in [-0.2, -0.15) is 4.99 Å². The molecule has 0 bridgehead atoms. The number of methoxy groups -OCH3 is 1. The van der Waals surface area contributed by atoms with E-state index < -0.39 is 0 Å². The highest BCUT2D eigenvalue weighted by molar-refractivity contribution is 5.71. The van der Waals surface area contributed by atoms with Crippen LogP contribution in [0, 0.1) is 0 Å². The van der Waals surface area contributed by atoms with Crippen LogP contribution in [0.5, 0.6) is 0 Å². The molecular formula is C10H14N2O2. The van der Waals surface area contributed by atoms with E-state index in [2.05, 4.69) is 4.99 Å². The molecule has 0 saturated heterocycles. The van der Waals surface area contributed by atoms with Gasteiger partial charge in [-0.1, -0.05) is 6.07 Å². The zero-order valence-electron chi connectivity index (χ0n) is 8.36. The number of hydrogen-bond donors (Lipinski definition) is 1. The second-order valence-corrected chi connectivity index (χ2v) is 2.61. The summed E-state index contributed by atoms with van der Waals surface area (Å²) in [5.41, 5.74) is 6.98. The molecule has 0 aromatic heterocycles. The Bertz CT molecular complexity index is 324. The maximum absolute atomic E-state index is 5.60. The summed E-state index contributed by atoms with van der Waals surface area (Å²) in [4.78, 5) is 4.12. The zero-order valence-corrected chi connectivity index (χ0v) is 8.36. The molecule has 0 spiro atoms. The molecule has 0 fully saturated rings. The monoisotopic (exact) mass is 194 g/mol. The first-order valence-electron chi connectivity index (χ1n) is 4.37. The number of hydrogen-bond acceptors (Lipinski definition) is 4. The van der Waals surface area contributed by atoms with Crippen LogP contribution in [0.4, 0.5) is 11.4 Å². The maximum Gasteiger partial charge on any atom is 0.388 e. The highest BCUT2D eigenvalue weighted by atomic mass is 16.7. The second kappa shape index (κ2) is 5.11. The number of aliphatic imine (C=N–C) groups is 1. The molecule has 1 rings (SSSR count). The predicted molar refractivity (Wildman–Crippen MR) is 56.6 cm³/mol. The van der Waals surface area contributed by atoms with Gasteiger partial charge in [-0.25, -0.2) is 0 Å². The lowest BCUT2D eigenvalue weighted by Gasteiger charge is -2.04. The normalized spacial score (nSPS) is 11.1. The molecule has 0 saturated carbocycles. The summed E-state index contributed by atoms with van der Waals surface area (Å²) < 4.78 is 10.0. The first kappa shape index (κ1) is 10.4. The first-order valence-corrected chi connectivity index (χ1v) is 4.37. The minimum Gasteiger partial charge on any atom is -0.454 e. The Morgan fingerprint density at radius 2 is 2.29 bits per heavy atom. The minimum absolute atomic E-state index is 0.248. The fourth-order valence-electron chi connectivity index (χ4n) is 0.960. The Balaban J connectivity index is 2.83. The molecule has 76 valence electrons. The number of nitrogen functional groups attached to an aromatic ring is 1. The van der Waals surface area contributed by atoms with Crippen molar-refractivity contribution in [1.82, 2.24) is 0 Å². The molecule has 2 N–H and O–H groups in total. The van der Waals surface area contributed by atoms with Gasteiger partial charge < -0.3 is 15.2 Å². The van der Waals surface area contributed by atoms with E-state index in [-0.39, 0.29) is 6.08 Å². The lowest BCUT2D eigenvalue weighted by atomic mass is 10.3. The Labute approximate surface area is 83.4 Å². The summed E-state index contributed by atoms with van der Waals surface area (Å²) in [6.07, 6.45) is 0.248. The Hall–Kier alpha value is -1.71. The van der Waals surface area contributed by atoms with Crippen LogP contribution >= 0.6 is 0 Å². The van der Waals surface area contributed by atoms with Crippen LogP contribution in [0.25, 0.3) is 0 Å². The van der Waals surface area contributed by atoms with Crippen molar-refractivity contribution in [3.8, 4) is 0 Å². The average Bonchev–Trinajstić information content (AvgIpc) is 2.17. The van der Waals surface area contributed by atoms with Gasteiger partial charge in [0.15, 0.2) is 0 Å². The molecule has 1 aromatic rings. The molecule has 0 radical (unpaired) electrons. The standard InChI is InChI=1S/C10H14N2O2/c1-3-14-10(13-2)12-9-6-4-5-8(11)7-9/h4-7H,3,11H2,1-2H3. The average molecular weight is 194 g/mol. The zero-order chi connectivity index (χ0) is 10.4. The smallest absolute Gasteiger partial charge is 0.388 e. The summed E-state index contributed by atoms with van der Waals surface area (Å²) in [5, 5.41) is 0. The number of anilines is 1. The third kappa shape index (κ3) is 2.97. The highest BCUT2D eigenvalue weighted by Gasteiger charge is 1.98. The van der Waals surface area contributed by atoms with Crippen LogP contribution in [-0.4, -0.2) is 19.8 Å². The van der Waals surface area contributed by atoms with Gasteiger partial charge in [0.05, 0.1) is 19.4 Å². The number of benzene rings is 1. The molecule has 4 nitrogen and oxygen atoms in total. The molecule has 0 atom stereocenters. The van der Waals surface area contributed by atoms with E-state index in [1.165, 1.54) is 7.11 Å². The van der Waals surface area contributed by atoms with Gasteiger partial charge in [0.25, 0.3) is 0 Å². The van der Waals surface area contributed by atoms with Gasteiger partial charge in [0.2, 0.25) is 0 Å². The van der Waals surface area contributed by atoms with Gasteiger partial charge in [-0.3, -0.25) is 0 Å². The van der Waals surface area contributed by atoms with Crippen LogP contribution in [-0.2, 0) is 9.47 Å². The van der Waals surface area contributed by atoms with E-state index in [0.29, 0.717) is 12.3 Å². The van der Waals surface area contributed by atoms with Crippen molar-refractivity contribution in [3.05, 3.63) is 24.3 Å². The van der Waals surface area contributed by atoms with Gasteiger partial charge in [0.1, 0.15) is 0 Å². The summed E-state index contributed by atoms with van der Waals surface area (Å²) in [6, 6.07) is 7.20. The van der Waals surface area contributed by atoms with E-state index in [0.717, 1.165) is 5.69 Å². The lowest BCUT2D eigenvalue weighted by Crippen LogP contribution is -2.06. The quantitative estimate of drug-likeness (QED) is 0.444. The second-order valence-electron chi connectivity index (χ2n) is 2.61. The molecule has 0 unspecified atom stereocenters. The first-order chi connectivity index (χ1) is 6.76. The van der Waals surface area contributed by atoms with Crippen LogP contribution in [0.3, 0.4) is 0 Å². The Kier molecular flexibility index (Phi) is 3.79. The SMILES string of the molecule is CCOC(=Nc1cccc(N)c1)OC. The highest BCUT2D eigenvalue weighted by Crippen LogP contribution is 2.15. The molecule has 1 aromatic carbocycles. The number of nitrogens with two attached hydrogens (primary N) is 1. The van der Waals surface area contributed by atoms with Gasteiger partial charge in [-0.15, -0.1) is 0 Å². The van der Waals surface area contributed by atoms with E-state index in [9.17, 15) is 0 Å². The summed E-state index contributed by atoms with van der Waals surface area (Å²) in [5.74, 6) is 0. The molecular weight excluding hydrogens is 180 g/mol. The third-order valence-electron chi connectivity index (χ3n) is 1.53. The van der Waals surface area contributed by atoms with Gasteiger partial charge >= 0.3 is 6.08 Å². The fourth-order valence-corrected chi connectivity index (χ4v) is 0.960. The van der Waals surface area contributed by atoms with Crippen molar-refractivity contribution >= 4 is 17.5 Å². The van der Waals surface area contributed by atoms with E-state index in [1.807, 2.05) is 19.1 Å². The van der Waals surface area contributed by atoms with E-state index in [1.54, 1.807) is 12.1 Å². The van der Waals surface area contributed by atoms with Gasteiger partial charge in [0, 0.05) is 5.69 Å². The van der Waals surface area contributed by atoms with Crippen LogP contribution < -0.4 is 5.73 Å². The van der Waals surface area contributed by atoms with Crippen LogP contribution in [0.2, 0.25) is 0 Å². The van der Waals surface area contributed by atoms with E-state index >= 15 is 0 Å². The third-order valence-corrected chi connectivity index (χ3v) is 1.53. The van der Waals surface area contributed by atoms with Crippen LogP contribution in [0.15, 0.2) is 29.3 Å². The van der Waals surface area contributed by atoms with Crippen molar-refractivity contribution < 1.29 is 9.47 Å². The Morgan fingerprint density at radius 1 is 1.50 bits per heavy atom. The van der Waals surface area contributed by atoms with Crippen LogP contribution in [0.1, 0.15) is 6.92 Å². The molecule has 0 aliphatic heterocycles. The maximum atomic E-state index is 5.60. The number of rotatable bonds is 2. The molecule has 14 heavy (non-hydrogen) atoms. The largest absolute Gasteiger partial charge is 0.454 e. The molecule has 0 aliphatic rings. The molecule has 4 heteroatoms. The molecule has 0 heterocycles. The summed E-state index contributed by atoms with van der Waals surface area (Å²) in [6.45, 7) is 2.39. The topological polar surface area (TPSA) is 56.8 Å². The Morgan fingerprint density at radius 3 is 2.86 bits per heavy atom. The molecule has 0 aliphatic carbocycles. The van der Waals surface area contributed by atoms with Crippen molar-refractivity contribution in [1.29, 1.82) is 0 Å². The molecule has 0 amide bonds. The van der Waals surface area contributed by atoms with Crippen molar-refractivity contribution in [2.75, 3.05) is 19.5 Å². The predicted octanol–water partition coefficient (Wildman–Crippen LogP) is 1.94. The summed E-state index contributed by atoms with van der Waals surface area (Å²) in [7, 11) is 1.51. The van der Waals surface area contributed by atoms with Crippen molar-refractivity contribution in [2.45, 2.75) is 6.92 Å². The number of ether oxygens (including phenoxy) is 2. The van der Waals surface area contributed by atoms with Crippen molar-refractivity contribution in [3.63, 3.8) is 0 Å². The van der Waals surface area contributed by atoms with Crippen molar-refractivity contribution in [2.24, 2.45) is 4.99 Å².